The summed E-state index contributed by atoms with van der Waals surface area (Å²) < 4.78 is 10.9. The summed E-state index contributed by atoms with van der Waals surface area (Å²) in [5.74, 6) is 0.752. The van der Waals surface area contributed by atoms with Crippen LogP contribution in [0.5, 0.6) is 0 Å². The number of hydrogen-bond donors (Lipinski definition) is 0. The van der Waals surface area contributed by atoms with Gasteiger partial charge in [0.25, 0.3) is 0 Å². The van der Waals surface area contributed by atoms with E-state index in [9.17, 15) is 4.79 Å². The molecule has 2 rings (SSSR count). The van der Waals surface area contributed by atoms with Gasteiger partial charge in [-0.25, -0.2) is 0 Å². The van der Waals surface area contributed by atoms with Crippen LogP contribution in [0, 0.1) is 0 Å². The maximum absolute atomic E-state index is 11.0. The van der Waals surface area contributed by atoms with Gasteiger partial charge in [0.05, 0.1) is 19.4 Å². The molecule has 0 radical (unpaired) electrons. The molecule has 0 aliphatic rings. The lowest BCUT2D eigenvalue weighted by atomic mass is 9.97. The first-order chi connectivity index (χ1) is 13.6. The number of methoxy groups -OCH3 is 1. The van der Waals surface area contributed by atoms with Crippen molar-refractivity contribution in [2.75, 3.05) is 13.7 Å². The van der Waals surface area contributed by atoms with Crippen LogP contribution in [0.15, 0.2) is 67.1 Å². The highest BCUT2D eigenvalue weighted by atomic mass is 16.5. The summed E-state index contributed by atoms with van der Waals surface area (Å²) in [5, 5.41) is 0. The molecule has 0 saturated carbocycles. The molecule has 1 heterocycles. The Kier molecular flexibility index (Phi) is 8.37. The molecule has 1 aromatic carbocycles. The average Bonchev–Trinajstić information content (AvgIpc) is 2.74. The fraction of sp³-hybridized carbons (Fsp3) is 0.250. The van der Waals surface area contributed by atoms with E-state index in [0.717, 1.165) is 46.4 Å². The topological polar surface area (TPSA) is 48.4 Å². The number of aromatic nitrogens is 1. The van der Waals surface area contributed by atoms with E-state index in [1.54, 1.807) is 19.2 Å². The third kappa shape index (κ3) is 5.76. The zero-order valence-electron chi connectivity index (χ0n) is 16.8. The molecule has 0 N–H and O–H groups in total. The Bertz CT molecular complexity index is 864. The zero-order chi connectivity index (χ0) is 20.4. The first-order valence-electron chi connectivity index (χ1n) is 9.32. The van der Waals surface area contributed by atoms with Crippen LogP contribution < -0.4 is 0 Å². The minimum atomic E-state index is 0.509. The van der Waals surface area contributed by atoms with Gasteiger partial charge in [-0.3, -0.25) is 9.78 Å². The third-order valence-corrected chi connectivity index (χ3v) is 4.19. The van der Waals surface area contributed by atoms with Crippen molar-refractivity contribution in [2.45, 2.75) is 26.9 Å². The van der Waals surface area contributed by atoms with Crippen LogP contribution in [0.1, 0.15) is 41.9 Å². The molecule has 146 valence electrons. The van der Waals surface area contributed by atoms with Crippen molar-refractivity contribution in [3.63, 3.8) is 0 Å². The molecule has 0 bridgehead atoms. The summed E-state index contributed by atoms with van der Waals surface area (Å²) in [4.78, 5) is 15.6. The molecule has 0 saturated heterocycles. The maximum atomic E-state index is 11.0. The van der Waals surface area contributed by atoms with Crippen LogP contribution >= 0.6 is 0 Å². The van der Waals surface area contributed by atoms with Crippen molar-refractivity contribution < 1.29 is 14.3 Å². The highest BCUT2D eigenvalue weighted by Gasteiger charge is 2.11. The number of hydrogen-bond acceptors (Lipinski definition) is 4. The quantitative estimate of drug-likeness (QED) is 0.234. The highest BCUT2D eigenvalue weighted by Crippen LogP contribution is 2.29. The average molecular weight is 377 g/mol. The van der Waals surface area contributed by atoms with Gasteiger partial charge in [-0.05, 0) is 54.3 Å². The molecule has 28 heavy (non-hydrogen) atoms. The van der Waals surface area contributed by atoms with Gasteiger partial charge in [0, 0.05) is 23.9 Å². The second kappa shape index (κ2) is 11.0. The van der Waals surface area contributed by atoms with Gasteiger partial charge >= 0.3 is 0 Å². The van der Waals surface area contributed by atoms with Crippen molar-refractivity contribution >= 4 is 11.9 Å². The van der Waals surface area contributed by atoms with E-state index in [-0.39, 0.29) is 0 Å². The van der Waals surface area contributed by atoms with Gasteiger partial charge in [0.15, 0.2) is 0 Å². The van der Waals surface area contributed by atoms with Gasteiger partial charge in [0.1, 0.15) is 12.0 Å². The molecule has 0 atom stereocenters. The minimum Gasteiger partial charge on any atom is -0.497 e. The van der Waals surface area contributed by atoms with E-state index >= 15 is 0 Å². The number of carbonyl (C=O) groups excluding carboxylic acids is 1. The van der Waals surface area contributed by atoms with Gasteiger partial charge in [-0.2, -0.15) is 0 Å². The first-order valence-corrected chi connectivity index (χ1v) is 9.32. The summed E-state index contributed by atoms with van der Waals surface area (Å²) in [6.07, 6.45) is 9.26. The molecule has 4 nitrogen and oxygen atoms in total. The molecule has 2 aromatic rings. The number of rotatable bonds is 10. The van der Waals surface area contributed by atoms with E-state index in [2.05, 4.69) is 24.6 Å². The lowest BCUT2D eigenvalue weighted by Crippen LogP contribution is -1.99. The lowest BCUT2D eigenvalue weighted by molar-refractivity contribution is 0.112. The second-order valence-electron chi connectivity index (χ2n) is 6.29. The van der Waals surface area contributed by atoms with E-state index in [1.165, 1.54) is 0 Å². The van der Waals surface area contributed by atoms with Crippen LogP contribution in [0.3, 0.4) is 0 Å². The number of allylic oxidation sites excluding steroid dienone is 4. The standard InChI is InChI=1S/C24H27NO3/c1-5-13-28-17-20-14-23(21-10-8-19(16-26)9-11-21)24(25-15-20)18(3)7-12-22(6-2)27-4/h6-12,14-16H,3,5,13,17H2,1-2,4H3/b12-7-,22-6+. The fourth-order valence-corrected chi connectivity index (χ4v) is 2.68. The number of ether oxygens (including phenoxy) is 2. The number of carbonyl (C=O) groups is 1. The van der Waals surface area contributed by atoms with Crippen LogP contribution in [0.2, 0.25) is 0 Å². The maximum Gasteiger partial charge on any atom is 0.150 e. The van der Waals surface area contributed by atoms with Gasteiger partial charge in [-0.15, -0.1) is 0 Å². The van der Waals surface area contributed by atoms with Gasteiger partial charge in [0.2, 0.25) is 0 Å². The van der Waals surface area contributed by atoms with E-state index in [1.807, 2.05) is 43.5 Å². The molecular formula is C24H27NO3. The van der Waals surface area contributed by atoms with E-state index in [0.29, 0.717) is 18.8 Å². The molecule has 1 aromatic heterocycles. The Morgan fingerprint density at radius 1 is 1.21 bits per heavy atom. The Morgan fingerprint density at radius 2 is 1.96 bits per heavy atom. The van der Waals surface area contributed by atoms with Crippen LogP contribution in [0.25, 0.3) is 16.7 Å². The minimum absolute atomic E-state index is 0.509. The van der Waals surface area contributed by atoms with Crippen LogP contribution in [-0.2, 0) is 16.1 Å². The zero-order valence-corrected chi connectivity index (χ0v) is 16.8. The summed E-state index contributed by atoms with van der Waals surface area (Å²) in [6, 6.07) is 9.51. The smallest absolute Gasteiger partial charge is 0.150 e. The molecular weight excluding hydrogens is 350 g/mol. The summed E-state index contributed by atoms with van der Waals surface area (Å²) >= 11 is 0. The summed E-state index contributed by atoms with van der Waals surface area (Å²) in [7, 11) is 1.63. The predicted molar refractivity (Wildman–Crippen MR) is 114 cm³/mol. The molecule has 0 aliphatic carbocycles. The van der Waals surface area contributed by atoms with Gasteiger partial charge < -0.3 is 9.47 Å². The third-order valence-electron chi connectivity index (χ3n) is 4.19. The number of aldehydes is 1. The number of pyridine rings is 1. The second-order valence-corrected chi connectivity index (χ2v) is 6.29. The van der Waals surface area contributed by atoms with Crippen LogP contribution in [0.4, 0.5) is 0 Å². The SMILES string of the molecule is C=C(/C=C\C(=C/C)OC)c1ncc(COCCC)cc1-c1ccc(C=O)cc1. The number of benzene rings is 1. The molecule has 0 amide bonds. The van der Waals surface area contributed by atoms with Gasteiger partial charge in [-0.1, -0.05) is 37.8 Å². The first kappa shape index (κ1) is 21.3. The largest absolute Gasteiger partial charge is 0.497 e. The van der Waals surface area contributed by atoms with E-state index < -0.39 is 0 Å². The van der Waals surface area contributed by atoms with Crippen LogP contribution in [-0.4, -0.2) is 25.0 Å². The molecule has 4 heteroatoms. The molecule has 0 aliphatic heterocycles. The van der Waals surface area contributed by atoms with Crippen molar-refractivity contribution in [1.82, 2.24) is 4.98 Å². The Labute approximate surface area is 167 Å². The number of nitrogens with zero attached hydrogens (tertiary/aromatic N) is 1. The Hall–Kier alpha value is -2.98. The molecule has 0 fully saturated rings. The van der Waals surface area contributed by atoms with Crippen molar-refractivity contribution in [3.05, 3.63) is 83.9 Å². The molecule has 0 spiro atoms. The highest BCUT2D eigenvalue weighted by molar-refractivity contribution is 5.84. The van der Waals surface area contributed by atoms with Crippen molar-refractivity contribution in [1.29, 1.82) is 0 Å². The lowest BCUT2D eigenvalue weighted by Gasteiger charge is -2.12. The summed E-state index contributed by atoms with van der Waals surface area (Å²) in [5.41, 5.74) is 5.10. The summed E-state index contributed by atoms with van der Waals surface area (Å²) in [6.45, 7) is 9.38. The monoisotopic (exact) mass is 377 g/mol. The normalized spacial score (nSPS) is 11.6. The fourth-order valence-electron chi connectivity index (χ4n) is 2.68. The molecule has 0 unspecified atom stereocenters. The van der Waals surface area contributed by atoms with Crippen molar-refractivity contribution in [3.8, 4) is 11.1 Å². The Balaban J connectivity index is 2.42. The predicted octanol–water partition coefficient (Wildman–Crippen LogP) is 5.61. The Morgan fingerprint density at radius 3 is 2.57 bits per heavy atom. The van der Waals surface area contributed by atoms with Crippen molar-refractivity contribution in [2.24, 2.45) is 0 Å². The van der Waals surface area contributed by atoms with E-state index in [4.69, 9.17) is 9.47 Å².